The molecule has 3 aromatic carbocycles. The summed E-state index contributed by atoms with van der Waals surface area (Å²) in [5.41, 5.74) is 2.17. The van der Waals surface area contributed by atoms with Gasteiger partial charge in [0.25, 0.3) is 5.91 Å². The summed E-state index contributed by atoms with van der Waals surface area (Å²) in [4.78, 5) is 17.2. The highest BCUT2D eigenvalue weighted by Crippen LogP contribution is 2.41. The molecule has 35 heavy (non-hydrogen) atoms. The molecule has 0 radical (unpaired) electrons. The van der Waals surface area contributed by atoms with E-state index >= 15 is 0 Å². The van der Waals surface area contributed by atoms with E-state index in [-0.39, 0.29) is 40.2 Å². The van der Waals surface area contributed by atoms with Crippen LogP contribution in [0.4, 0.5) is 13.2 Å². The Balaban J connectivity index is 0.00000342. The molecule has 0 aliphatic carbocycles. The topological polar surface area (TPSA) is 72.9 Å². The molecule has 182 valence electrons. The van der Waals surface area contributed by atoms with Crippen LogP contribution in [0.5, 0.6) is 0 Å². The lowest BCUT2D eigenvalue weighted by Crippen LogP contribution is -2.30. The number of hydrogen-bond donors (Lipinski definition) is 2. The van der Waals surface area contributed by atoms with Gasteiger partial charge >= 0.3 is 6.18 Å². The number of carbonyl (C=O) groups is 1. The van der Waals surface area contributed by atoms with Crippen LogP contribution in [0, 0.1) is 0 Å². The minimum Gasteiger partial charge on any atom is -0.291 e. The first-order valence-electron chi connectivity index (χ1n) is 9.63. The molecule has 5 nitrogen and oxygen atoms in total. The number of nitrogens with two attached hydrogens (primary N) is 1. The number of alkyl halides is 3. The molecule has 0 saturated heterocycles. The molecular weight excluding hydrogens is 547 g/mol. The molecule has 0 aliphatic rings. The number of hydrazine groups is 1. The highest BCUT2D eigenvalue weighted by Gasteiger charge is 2.33. The molecule has 1 heterocycles. The fourth-order valence-electron chi connectivity index (χ4n) is 3.44. The predicted octanol–water partition coefficient (Wildman–Crippen LogP) is 7.21. The average Bonchev–Trinajstić information content (AvgIpc) is 3.18. The van der Waals surface area contributed by atoms with Crippen molar-refractivity contribution in [1.29, 1.82) is 0 Å². The van der Waals surface area contributed by atoms with Crippen LogP contribution in [-0.4, -0.2) is 15.5 Å². The third-order valence-electron chi connectivity index (χ3n) is 4.97. The summed E-state index contributed by atoms with van der Waals surface area (Å²) in [6, 6.07) is 16.2. The maximum atomic E-state index is 13.2. The van der Waals surface area contributed by atoms with E-state index in [2.05, 4.69) is 4.98 Å². The van der Waals surface area contributed by atoms with Gasteiger partial charge in [0.2, 0.25) is 0 Å². The summed E-state index contributed by atoms with van der Waals surface area (Å²) in [7, 11) is 0. The monoisotopic (exact) mass is 560 g/mol. The molecule has 4 rings (SSSR count). The second-order valence-corrected chi connectivity index (χ2v) is 8.34. The fraction of sp³-hybridized carbons (Fsp3) is 0.0435. The highest BCUT2D eigenvalue weighted by atomic mass is 35.5. The summed E-state index contributed by atoms with van der Waals surface area (Å²) in [6.45, 7) is 0. The smallest absolute Gasteiger partial charge is 0.291 e. The summed E-state index contributed by atoms with van der Waals surface area (Å²) in [5.74, 6) is 4.86. The van der Waals surface area contributed by atoms with Gasteiger partial charge in [-0.3, -0.25) is 14.8 Å². The molecule has 1 aromatic heterocycles. The minimum atomic E-state index is -4.60. The van der Waals surface area contributed by atoms with Crippen LogP contribution >= 0.6 is 47.2 Å². The highest BCUT2D eigenvalue weighted by molar-refractivity contribution is 6.34. The Morgan fingerprint density at radius 2 is 1.57 bits per heavy atom. The zero-order chi connectivity index (χ0) is 24.6. The Labute approximate surface area is 219 Å². The first-order chi connectivity index (χ1) is 16.1. The van der Waals surface area contributed by atoms with E-state index in [0.29, 0.717) is 21.3 Å². The third kappa shape index (κ3) is 5.27. The number of halogens is 7. The van der Waals surface area contributed by atoms with E-state index in [1.807, 2.05) is 5.43 Å². The van der Waals surface area contributed by atoms with E-state index in [1.165, 1.54) is 6.07 Å². The molecule has 0 bridgehead atoms. The van der Waals surface area contributed by atoms with Crippen molar-refractivity contribution < 1.29 is 18.0 Å². The summed E-state index contributed by atoms with van der Waals surface area (Å²) in [5, 5.41) is 0.561. The number of nitrogen functional groups attached to an aromatic ring is 1. The van der Waals surface area contributed by atoms with Gasteiger partial charge in [-0.05, 0) is 48.5 Å². The molecule has 0 atom stereocenters. The number of nitrogens with one attached hydrogen (secondary N) is 1. The Bertz CT molecular complexity index is 1390. The summed E-state index contributed by atoms with van der Waals surface area (Å²) in [6.07, 6.45) is -4.60. The Kier molecular flexibility index (Phi) is 8.03. The lowest BCUT2D eigenvalue weighted by atomic mass is 10.1. The van der Waals surface area contributed by atoms with Gasteiger partial charge in [-0.1, -0.05) is 53.0 Å². The largest absolute Gasteiger partial charge is 0.416 e. The zero-order valence-electron chi connectivity index (χ0n) is 17.4. The maximum Gasteiger partial charge on any atom is 0.416 e. The first kappa shape index (κ1) is 26.8. The number of amides is 1. The van der Waals surface area contributed by atoms with Gasteiger partial charge in [-0.15, -0.1) is 12.4 Å². The quantitative estimate of drug-likeness (QED) is 0.157. The molecular formula is C23H15Cl4F3N4O. The Morgan fingerprint density at radius 1 is 0.914 bits per heavy atom. The van der Waals surface area contributed by atoms with E-state index in [4.69, 9.17) is 40.6 Å². The second kappa shape index (κ2) is 10.5. The van der Waals surface area contributed by atoms with E-state index in [1.54, 1.807) is 53.1 Å². The molecule has 0 unspecified atom stereocenters. The van der Waals surface area contributed by atoms with Gasteiger partial charge in [-0.25, -0.2) is 10.8 Å². The lowest BCUT2D eigenvalue weighted by molar-refractivity contribution is -0.137. The molecule has 3 N–H and O–H groups in total. The van der Waals surface area contributed by atoms with Crippen molar-refractivity contribution >= 4 is 53.1 Å². The molecule has 0 fully saturated rings. The number of hydrogen-bond acceptors (Lipinski definition) is 3. The van der Waals surface area contributed by atoms with E-state index in [0.717, 1.165) is 12.1 Å². The Morgan fingerprint density at radius 3 is 2.14 bits per heavy atom. The van der Waals surface area contributed by atoms with E-state index < -0.39 is 17.6 Å². The molecule has 4 aromatic rings. The van der Waals surface area contributed by atoms with Gasteiger partial charge in [-0.2, -0.15) is 13.2 Å². The van der Waals surface area contributed by atoms with Crippen molar-refractivity contribution in [2.75, 3.05) is 0 Å². The third-order valence-corrected chi connectivity index (χ3v) is 5.87. The Hall–Kier alpha value is -2.75. The van der Waals surface area contributed by atoms with Crippen molar-refractivity contribution in [3.05, 3.63) is 93.1 Å². The molecule has 0 spiro atoms. The minimum absolute atomic E-state index is 0. The predicted molar refractivity (Wildman–Crippen MR) is 133 cm³/mol. The number of carbonyl (C=O) groups excluding carboxylic acids is 1. The van der Waals surface area contributed by atoms with Crippen LogP contribution in [0.3, 0.4) is 0 Å². The number of rotatable bonds is 4. The second-order valence-electron chi connectivity index (χ2n) is 7.09. The van der Waals surface area contributed by atoms with Crippen molar-refractivity contribution in [3.8, 4) is 28.3 Å². The zero-order valence-corrected chi connectivity index (χ0v) is 20.5. The van der Waals surface area contributed by atoms with E-state index in [9.17, 15) is 18.0 Å². The van der Waals surface area contributed by atoms with Gasteiger partial charge in [0.1, 0.15) is 5.82 Å². The standard InChI is InChI=1S/C23H14Cl3F3N4O.ClH/c24-13-6-8-14(9-7-13)33-20(15-10-5-12(11-18(15)26)23(27,28)29)19(22(34)32-30)31-21(33)16-3-1-2-4-17(16)25;/h1-11H,30H2,(H,32,34);1H. The average molecular weight is 562 g/mol. The van der Waals surface area contributed by atoms with Gasteiger partial charge in [0, 0.05) is 21.8 Å². The summed E-state index contributed by atoms with van der Waals surface area (Å²) >= 11 is 18.8. The van der Waals surface area contributed by atoms with Crippen LogP contribution in [0.1, 0.15) is 16.1 Å². The number of aromatic nitrogens is 2. The number of nitrogens with zero attached hydrogens (tertiary/aromatic N) is 2. The number of benzene rings is 3. The van der Waals surface area contributed by atoms with Crippen LogP contribution in [0.15, 0.2) is 66.7 Å². The fourth-order valence-corrected chi connectivity index (χ4v) is 4.06. The van der Waals surface area contributed by atoms with Gasteiger partial charge in [0.15, 0.2) is 5.69 Å². The first-order valence-corrected chi connectivity index (χ1v) is 10.8. The molecule has 1 amide bonds. The van der Waals surface area contributed by atoms with Crippen LogP contribution in [0.25, 0.3) is 28.3 Å². The lowest BCUT2D eigenvalue weighted by Gasteiger charge is -2.16. The SMILES string of the molecule is Cl.NNC(=O)c1nc(-c2ccccc2Cl)n(-c2ccc(Cl)cc2)c1-c1ccc(C(F)(F)F)cc1Cl. The van der Waals surface area contributed by atoms with Crippen molar-refractivity contribution in [1.82, 2.24) is 15.0 Å². The van der Waals surface area contributed by atoms with Gasteiger partial charge < -0.3 is 0 Å². The normalized spacial score (nSPS) is 11.2. The molecule has 0 saturated carbocycles. The van der Waals surface area contributed by atoms with Crippen LogP contribution < -0.4 is 11.3 Å². The van der Waals surface area contributed by atoms with Crippen molar-refractivity contribution in [3.63, 3.8) is 0 Å². The van der Waals surface area contributed by atoms with Crippen molar-refractivity contribution in [2.45, 2.75) is 6.18 Å². The van der Waals surface area contributed by atoms with Crippen LogP contribution in [0.2, 0.25) is 15.1 Å². The molecule has 0 aliphatic heterocycles. The van der Waals surface area contributed by atoms with Gasteiger partial charge in [0.05, 0.1) is 21.3 Å². The van der Waals surface area contributed by atoms with Crippen LogP contribution in [-0.2, 0) is 6.18 Å². The summed E-state index contributed by atoms with van der Waals surface area (Å²) < 4.78 is 41.3. The van der Waals surface area contributed by atoms with Crippen molar-refractivity contribution in [2.24, 2.45) is 5.84 Å². The molecule has 12 heteroatoms. The number of imidazole rings is 1. The maximum absolute atomic E-state index is 13.2.